The van der Waals surface area contributed by atoms with Crippen LogP contribution in [0.15, 0.2) is 79.4 Å². The predicted molar refractivity (Wildman–Crippen MR) is 185 cm³/mol. The van der Waals surface area contributed by atoms with Gasteiger partial charge in [0.15, 0.2) is 0 Å². The summed E-state index contributed by atoms with van der Waals surface area (Å²) in [6.07, 6.45) is 4.77. The Bertz CT molecular complexity index is 1980. The molecule has 4 atom stereocenters. The number of allylic oxidation sites excluding steroid dienone is 1. The van der Waals surface area contributed by atoms with E-state index in [4.69, 9.17) is 14.5 Å². The van der Waals surface area contributed by atoms with Crippen LogP contribution in [0.5, 0.6) is 11.5 Å². The smallest absolute Gasteiger partial charge is 0.259 e. The summed E-state index contributed by atoms with van der Waals surface area (Å²) in [6, 6.07) is 15.7. The van der Waals surface area contributed by atoms with Gasteiger partial charge in [0, 0.05) is 35.4 Å². The highest BCUT2D eigenvalue weighted by Crippen LogP contribution is 2.45. The van der Waals surface area contributed by atoms with E-state index in [0.29, 0.717) is 40.9 Å². The van der Waals surface area contributed by atoms with Crippen molar-refractivity contribution in [2.24, 2.45) is 5.92 Å². The fourth-order valence-electron chi connectivity index (χ4n) is 6.24. The SMILES string of the molecule is C=CC1CC1(NC(=O)C1CC(Oc2cc(-c3ccccc3)nc3cc(OC)ccc23)CN1C(=O)CNC(=O)C=CC)C(=O)NS(=O)(=O)C1CC1. The lowest BCUT2D eigenvalue weighted by molar-refractivity contribution is -0.139. The Kier molecular flexibility index (Phi) is 9.65. The van der Waals surface area contributed by atoms with Crippen LogP contribution in [-0.2, 0) is 29.2 Å². The lowest BCUT2D eigenvalue weighted by atomic mass is 10.1. The first-order valence-corrected chi connectivity index (χ1v) is 17.9. The average Bonchev–Trinajstić information content (AvgIpc) is 4.04. The van der Waals surface area contributed by atoms with Crippen molar-refractivity contribution < 1.29 is 37.1 Å². The third-order valence-corrected chi connectivity index (χ3v) is 11.0. The van der Waals surface area contributed by atoms with Crippen molar-refractivity contribution in [2.45, 2.75) is 55.5 Å². The van der Waals surface area contributed by atoms with Gasteiger partial charge in [-0.25, -0.2) is 13.4 Å². The molecule has 1 aliphatic heterocycles. The maximum Gasteiger partial charge on any atom is 0.259 e. The van der Waals surface area contributed by atoms with E-state index in [9.17, 15) is 27.6 Å². The van der Waals surface area contributed by atoms with Crippen LogP contribution in [0.3, 0.4) is 0 Å². The van der Waals surface area contributed by atoms with Gasteiger partial charge >= 0.3 is 0 Å². The zero-order chi connectivity index (χ0) is 35.6. The summed E-state index contributed by atoms with van der Waals surface area (Å²) in [5.74, 6) is -1.91. The first kappa shape index (κ1) is 34.6. The van der Waals surface area contributed by atoms with Gasteiger partial charge in [0.2, 0.25) is 27.7 Å². The molecule has 2 aliphatic carbocycles. The van der Waals surface area contributed by atoms with E-state index in [1.807, 2.05) is 36.4 Å². The molecule has 6 rings (SSSR count). The van der Waals surface area contributed by atoms with Crippen molar-refractivity contribution in [1.29, 1.82) is 0 Å². The number of carbonyl (C=O) groups is 4. The first-order valence-electron chi connectivity index (χ1n) is 16.4. The number of rotatable bonds is 13. The quantitative estimate of drug-likeness (QED) is 0.179. The number of benzene rings is 2. The number of likely N-dealkylation sites (tertiary alicyclic amines) is 1. The number of nitrogens with one attached hydrogen (secondary N) is 3. The lowest BCUT2D eigenvalue weighted by Gasteiger charge is -2.26. The highest BCUT2D eigenvalue weighted by Gasteiger charge is 2.62. The highest BCUT2D eigenvalue weighted by atomic mass is 32.2. The van der Waals surface area contributed by atoms with Gasteiger partial charge in [-0.3, -0.25) is 23.9 Å². The van der Waals surface area contributed by atoms with Gasteiger partial charge < -0.3 is 25.0 Å². The molecule has 50 heavy (non-hydrogen) atoms. The van der Waals surface area contributed by atoms with Crippen molar-refractivity contribution in [3.05, 3.63) is 79.4 Å². The molecule has 2 aromatic carbocycles. The van der Waals surface area contributed by atoms with Crippen LogP contribution in [0.4, 0.5) is 0 Å². The number of carbonyl (C=O) groups excluding carboxylic acids is 4. The molecule has 3 aromatic rings. The van der Waals surface area contributed by atoms with Crippen molar-refractivity contribution >= 4 is 44.6 Å². The summed E-state index contributed by atoms with van der Waals surface area (Å²) < 4.78 is 39.3. The van der Waals surface area contributed by atoms with Gasteiger partial charge in [-0.2, -0.15) is 0 Å². The van der Waals surface area contributed by atoms with E-state index >= 15 is 0 Å². The van der Waals surface area contributed by atoms with E-state index in [-0.39, 0.29) is 25.9 Å². The van der Waals surface area contributed by atoms with Gasteiger partial charge in [0.25, 0.3) is 5.91 Å². The third-order valence-electron chi connectivity index (χ3n) is 9.21. The Balaban J connectivity index is 1.28. The minimum absolute atomic E-state index is 0.00279. The number of hydrogen-bond acceptors (Lipinski definition) is 9. The molecule has 1 saturated heterocycles. The molecule has 13 nitrogen and oxygen atoms in total. The monoisotopic (exact) mass is 701 g/mol. The Morgan fingerprint density at radius 2 is 1.86 bits per heavy atom. The standard InChI is InChI=1S/C36H39N5O8S/c1-4-9-32(42)37-20-33(43)41-21-25(17-30(41)34(44)39-36(19-23(36)5-2)35(45)40-50(46,47)26-13-14-26)49-31-18-28(22-10-7-6-8-11-22)38-29-16-24(48-3)12-15-27(29)31/h4-12,15-16,18,23,25-26,30H,2,13-14,17,19-21H2,1,3H3,(H,37,42)(H,39,44)(H,40,45). The molecule has 14 heteroatoms. The van der Waals surface area contributed by atoms with Gasteiger partial charge in [-0.05, 0) is 44.4 Å². The van der Waals surface area contributed by atoms with Crippen LogP contribution in [0, 0.1) is 5.92 Å². The van der Waals surface area contributed by atoms with Crippen LogP contribution in [0.2, 0.25) is 0 Å². The minimum Gasteiger partial charge on any atom is -0.497 e. The molecule has 3 fully saturated rings. The molecule has 3 N–H and O–H groups in total. The number of sulfonamides is 1. The number of amides is 4. The summed E-state index contributed by atoms with van der Waals surface area (Å²) in [5.41, 5.74) is 0.588. The maximum absolute atomic E-state index is 14.0. The Morgan fingerprint density at radius 1 is 1.10 bits per heavy atom. The van der Waals surface area contributed by atoms with E-state index in [1.54, 1.807) is 32.2 Å². The number of fused-ring (bicyclic) bond motifs is 1. The molecule has 0 radical (unpaired) electrons. The highest BCUT2D eigenvalue weighted by molar-refractivity contribution is 7.91. The second kappa shape index (κ2) is 13.9. The van der Waals surface area contributed by atoms with Gasteiger partial charge in [0.1, 0.15) is 29.2 Å². The normalized spacial score (nSPS) is 22.9. The number of pyridine rings is 1. The van der Waals surface area contributed by atoms with Crippen molar-refractivity contribution in [3.63, 3.8) is 0 Å². The predicted octanol–water partition coefficient (Wildman–Crippen LogP) is 2.62. The van der Waals surface area contributed by atoms with Gasteiger partial charge in [-0.1, -0.05) is 42.5 Å². The van der Waals surface area contributed by atoms with E-state index < -0.39 is 62.5 Å². The van der Waals surface area contributed by atoms with Crippen molar-refractivity contribution in [2.75, 3.05) is 20.2 Å². The second-order valence-corrected chi connectivity index (χ2v) is 14.7. The van der Waals surface area contributed by atoms with E-state index in [2.05, 4.69) is 21.9 Å². The van der Waals surface area contributed by atoms with Crippen LogP contribution >= 0.6 is 0 Å². The number of aromatic nitrogens is 1. The van der Waals surface area contributed by atoms with Crippen LogP contribution in [0.1, 0.15) is 32.6 Å². The summed E-state index contributed by atoms with van der Waals surface area (Å²) in [6.45, 7) is 5.04. The Hall–Kier alpha value is -5.24. The summed E-state index contributed by atoms with van der Waals surface area (Å²) in [7, 11) is -2.31. The van der Waals surface area contributed by atoms with E-state index in [0.717, 1.165) is 5.56 Å². The second-order valence-electron chi connectivity index (χ2n) is 12.7. The molecule has 3 aliphatic rings. The molecule has 4 amide bonds. The fraction of sp³-hybridized carbons (Fsp3) is 0.361. The molecule has 262 valence electrons. The van der Waals surface area contributed by atoms with Crippen LogP contribution in [-0.4, -0.2) is 85.1 Å². The number of ether oxygens (including phenoxy) is 2. The minimum atomic E-state index is -3.88. The average molecular weight is 702 g/mol. The third kappa shape index (κ3) is 7.20. The zero-order valence-corrected chi connectivity index (χ0v) is 28.6. The largest absolute Gasteiger partial charge is 0.497 e. The molecule has 1 aromatic heterocycles. The zero-order valence-electron chi connectivity index (χ0n) is 27.8. The van der Waals surface area contributed by atoms with Crippen molar-refractivity contribution in [3.8, 4) is 22.8 Å². The summed E-state index contributed by atoms with van der Waals surface area (Å²) in [4.78, 5) is 59.2. The maximum atomic E-state index is 14.0. The number of methoxy groups -OCH3 is 1. The summed E-state index contributed by atoms with van der Waals surface area (Å²) >= 11 is 0. The molecule has 0 bridgehead atoms. The topological polar surface area (TPSA) is 173 Å². The molecule has 0 spiro atoms. The Labute approximate surface area is 290 Å². The Morgan fingerprint density at radius 3 is 2.52 bits per heavy atom. The molecule has 4 unspecified atom stereocenters. The molecular formula is C36H39N5O8S. The molecular weight excluding hydrogens is 662 g/mol. The lowest BCUT2D eigenvalue weighted by Crippen LogP contribution is -2.57. The van der Waals surface area contributed by atoms with E-state index in [1.165, 1.54) is 23.1 Å². The van der Waals surface area contributed by atoms with Crippen LogP contribution in [0.25, 0.3) is 22.2 Å². The first-order chi connectivity index (χ1) is 24.0. The van der Waals surface area contributed by atoms with Crippen molar-refractivity contribution in [1.82, 2.24) is 25.2 Å². The fourth-order valence-corrected chi connectivity index (χ4v) is 7.60. The number of hydrogen-bond donors (Lipinski definition) is 3. The number of nitrogens with zero attached hydrogens (tertiary/aromatic N) is 2. The molecule has 2 heterocycles. The van der Waals surface area contributed by atoms with Gasteiger partial charge in [0.05, 0.1) is 36.7 Å². The van der Waals surface area contributed by atoms with Gasteiger partial charge in [-0.15, -0.1) is 6.58 Å². The molecule has 2 saturated carbocycles. The summed E-state index contributed by atoms with van der Waals surface area (Å²) in [5, 5.41) is 5.35. The van der Waals surface area contributed by atoms with Crippen LogP contribution < -0.4 is 24.8 Å².